The fourth-order valence-corrected chi connectivity index (χ4v) is 5.08. The van der Waals surface area contributed by atoms with Crippen LogP contribution in [0.1, 0.15) is 18.4 Å². The first-order chi connectivity index (χ1) is 17.0. The minimum absolute atomic E-state index is 0.00817. The lowest BCUT2D eigenvalue weighted by atomic mass is 9.94. The zero-order valence-corrected chi connectivity index (χ0v) is 20.6. The van der Waals surface area contributed by atoms with Gasteiger partial charge in [0.05, 0.1) is 5.92 Å². The van der Waals surface area contributed by atoms with Crippen LogP contribution in [-0.2, 0) is 11.3 Å². The lowest BCUT2D eigenvalue weighted by Crippen LogP contribution is -2.44. The van der Waals surface area contributed by atoms with Gasteiger partial charge >= 0.3 is 0 Å². The van der Waals surface area contributed by atoms with Gasteiger partial charge in [0.25, 0.3) is 5.56 Å². The minimum atomic E-state index is -0.214. The van der Waals surface area contributed by atoms with Crippen LogP contribution in [0.25, 0.3) is 22.0 Å². The highest BCUT2D eigenvalue weighted by molar-refractivity contribution is 6.31. The molecule has 2 heterocycles. The number of piperidine rings is 1. The quantitative estimate of drug-likeness (QED) is 0.347. The smallest absolute Gasteiger partial charge is 0.272 e. The predicted octanol–water partition coefficient (Wildman–Crippen LogP) is 6.03. The number of fused-ring (bicyclic) bond motifs is 1. The van der Waals surface area contributed by atoms with Gasteiger partial charge in [0.2, 0.25) is 5.91 Å². The number of pyridine rings is 1. The molecule has 1 atom stereocenters. The average Bonchev–Trinajstić information content (AvgIpc) is 2.88. The number of aromatic nitrogens is 1. The van der Waals surface area contributed by atoms with Crippen LogP contribution in [0.4, 0.5) is 5.69 Å². The first-order valence-corrected chi connectivity index (χ1v) is 12.4. The summed E-state index contributed by atoms with van der Waals surface area (Å²) in [5.74, 6) is -0.222. The van der Waals surface area contributed by atoms with Crippen molar-refractivity contribution in [3.63, 3.8) is 0 Å². The molecule has 0 bridgehead atoms. The Morgan fingerprint density at radius 1 is 1.00 bits per heavy atom. The zero-order valence-electron chi connectivity index (χ0n) is 19.1. The first kappa shape index (κ1) is 23.5. The second kappa shape index (κ2) is 10.1. The molecule has 5 rings (SSSR count). The van der Waals surface area contributed by atoms with Crippen molar-refractivity contribution in [2.24, 2.45) is 5.92 Å². The maximum absolute atomic E-state index is 13.4. The lowest BCUT2D eigenvalue weighted by molar-refractivity contribution is -0.125. The van der Waals surface area contributed by atoms with E-state index in [1.165, 1.54) is 0 Å². The molecule has 1 fully saturated rings. The van der Waals surface area contributed by atoms with Gasteiger partial charge in [-0.1, -0.05) is 65.7 Å². The summed E-state index contributed by atoms with van der Waals surface area (Å²) in [5.41, 5.74) is 3.92. The molecule has 0 spiro atoms. The number of amides is 1. The van der Waals surface area contributed by atoms with E-state index in [1.54, 1.807) is 6.07 Å². The predicted molar refractivity (Wildman–Crippen MR) is 143 cm³/mol. The van der Waals surface area contributed by atoms with Crippen molar-refractivity contribution in [2.75, 3.05) is 18.0 Å². The summed E-state index contributed by atoms with van der Waals surface area (Å²) in [4.78, 5) is 31.5. The Hall–Kier alpha value is -3.28. The molecule has 178 valence electrons. The number of anilines is 1. The highest BCUT2D eigenvalue weighted by atomic mass is 35.5. The molecule has 1 amide bonds. The Labute approximate surface area is 213 Å². The van der Waals surface area contributed by atoms with Crippen LogP contribution >= 0.6 is 23.2 Å². The molecule has 0 radical (unpaired) electrons. The normalized spacial score (nSPS) is 15.8. The van der Waals surface area contributed by atoms with Crippen LogP contribution in [0.2, 0.25) is 10.0 Å². The third kappa shape index (κ3) is 5.07. The van der Waals surface area contributed by atoms with Crippen LogP contribution in [0.3, 0.4) is 0 Å². The van der Waals surface area contributed by atoms with Crippen LogP contribution in [0.15, 0.2) is 77.6 Å². The van der Waals surface area contributed by atoms with E-state index in [2.05, 4.69) is 15.2 Å². The summed E-state index contributed by atoms with van der Waals surface area (Å²) < 4.78 is 0. The fraction of sp³-hybridized carbons (Fsp3) is 0.214. The molecule has 1 aliphatic heterocycles. The lowest BCUT2D eigenvalue weighted by Gasteiger charge is -2.34. The topological polar surface area (TPSA) is 65.2 Å². The molecule has 0 unspecified atom stereocenters. The van der Waals surface area contributed by atoms with Crippen LogP contribution in [0, 0.1) is 5.92 Å². The second-order valence-electron chi connectivity index (χ2n) is 8.86. The molecule has 5 nitrogen and oxygen atoms in total. The van der Waals surface area contributed by atoms with E-state index in [1.807, 2.05) is 66.7 Å². The molecule has 1 aromatic heterocycles. The summed E-state index contributed by atoms with van der Waals surface area (Å²) >= 11 is 12.3. The van der Waals surface area contributed by atoms with Crippen LogP contribution in [-0.4, -0.2) is 24.0 Å². The molecule has 35 heavy (non-hydrogen) atoms. The maximum Gasteiger partial charge on any atom is 0.272 e. The van der Waals surface area contributed by atoms with Gasteiger partial charge in [-0.3, -0.25) is 9.59 Å². The number of halogens is 2. The number of nitrogens with zero attached hydrogens (tertiary/aromatic N) is 1. The van der Waals surface area contributed by atoms with Gasteiger partial charge in [-0.2, -0.15) is 0 Å². The van der Waals surface area contributed by atoms with Gasteiger partial charge in [0.15, 0.2) is 0 Å². The van der Waals surface area contributed by atoms with Crippen molar-refractivity contribution in [1.29, 1.82) is 0 Å². The Bertz CT molecular complexity index is 1420. The summed E-state index contributed by atoms with van der Waals surface area (Å²) in [5, 5.41) is 5.20. The number of aromatic amines is 1. The van der Waals surface area contributed by atoms with Crippen molar-refractivity contribution in [1.82, 2.24) is 10.3 Å². The highest BCUT2D eigenvalue weighted by Gasteiger charge is 2.29. The first-order valence-electron chi connectivity index (χ1n) is 11.7. The number of H-pyrrole nitrogens is 1. The third-order valence-corrected chi connectivity index (χ3v) is 6.99. The number of hydrogen-bond donors (Lipinski definition) is 2. The van der Waals surface area contributed by atoms with E-state index < -0.39 is 0 Å². The van der Waals surface area contributed by atoms with Gasteiger partial charge in [0.1, 0.15) is 5.69 Å². The van der Waals surface area contributed by atoms with Crippen molar-refractivity contribution in [3.8, 4) is 11.1 Å². The molecule has 4 aromatic rings. The van der Waals surface area contributed by atoms with E-state index in [0.29, 0.717) is 35.4 Å². The van der Waals surface area contributed by atoms with Gasteiger partial charge in [-0.25, -0.2) is 0 Å². The molecule has 3 aromatic carbocycles. The average molecular weight is 506 g/mol. The fourth-order valence-electron chi connectivity index (χ4n) is 4.78. The number of carbonyl (C=O) groups is 1. The summed E-state index contributed by atoms with van der Waals surface area (Å²) in [6, 6.07) is 22.8. The van der Waals surface area contributed by atoms with Gasteiger partial charge in [-0.05, 0) is 54.3 Å². The van der Waals surface area contributed by atoms with Crippen LogP contribution < -0.4 is 15.8 Å². The summed E-state index contributed by atoms with van der Waals surface area (Å²) in [6.45, 7) is 1.62. The SMILES string of the molecule is O=C(NCc1ccc(Cl)cc1)[C@H]1CCCN(c2c(-c3ccccc3)c3cc(Cl)ccc3[nH]c2=O)C1. The van der Waals surface area contributed by atoms with E-state index in [0.717, 1.165) is 40.4 Å². The Kier molecular flexibility index (Phi) is 6.80. The molecule has 0 saturated carbocycles. The van der Waals surface area contributed by atoms with Gasteiger partial charge < -0.3 is 15.2 Å². The van der Waals surface area contributed by atoms with E-state index >= 15 is 0 Å². The van der Waals surface area contributed by atoms with Crippen molar-refractivity contribution >= 4 is 45.7 Å². The van der Waals surface area contributed by atoms with E-state index in [9.17, 15) is 9.59 Å². The van der Waals surface area contributed by atoms with Crippen LogP contribution in [0.5, 0.6) is 0 Å². The number of hydrogen-bond acceptors (Lipinski definition) is 3. The minimum Gasteiger partial charge on any atom is -0.366 e. The van der Waals surface area contributed by atoms with Crippen molar-refractivity contribution in [2.45, 2.75) is 19.4 Å². The Morgan fingerprint density at radius 2 is 1.74 bits per heavy atom. The molecular formula is C28H25Cl2N3O2. The van der Waals surface area contributed by atoms with E-state index in [4.69, 9.17) is 23.2 Å². The largest absolute Gasteiger partial charge is 0.366 e. The van der Waals surface area contributed by atoms with E-state index in [-0.39, 0.29) is 17.4 Å². The Morgan fingerprint density at radius 3 is 2.51 bits per heavy atom. The summed E-state index contributed by atoms with van der Waals surface area (Å²) in [6.07, 6.45) is 1.60. The standard InChI is InChI=1S/C28H25Cl2N3O2/c29-21-10-8-18(9-11-21)16-31-27(34)20-7-4-14-33(17-20)26-25(19-5-2-1-3-6-19)23-15-22(30)12-13-24(23)32-28(26)35/h1-3,5-6,8-13,15,20H,4,7,14,16-17H2,(H,31,34)(H,32,35)/t20-/m0/s1. The monoisotopic (exact) mass is 505 g/mol. The number of carbonyl (C=O) groups excluding carboxylic acids is 1. The zero-order chi connectivity index (χ0) is 24.4. The Balaban J connectivity index is 1.46. The molecule has 1 saturated heterocycles. The second-order valence-corrected chi connectivity index (χ2v) is 9.74. The molecule has 0 aliphatic carbocycles. The number of rotatable bonds is 5. The number of benzene rings is 3. The van der Waals surface area contributed by atoms with Crippen molar-refractivity contribution < 1.29 is 4.79 Å². The molecule has 7 heteroatoms. The van der Waals surface area contributed by atoms with Gasteiger partial charge in [0, 0.05) is 46.1 Å². The number of nitrogens with one attached hydrogen (secondary N) is 2. The maximum atomic E-state index is 13.4. The molecule has 2 N–H and O–H groups in total. The molecule has 1 aliphatic rings. The molecular weight excluding hydrogens is 481 g/mol. The van der Waals surface area contributed by atoms with Crippen molar-refractivity contribution in [3.05, 3.63) is 98.8 Å². The van der Waals surface area contributed by atoms with Gasteiger partial charge in [-0.15, -0.1) is 0 Å². The summed E-state index contributed by atoms with van der Waals surface area (Å²) in [7, 11) is 0. The third-order valence-electron chi connectivity index (χ3n) is 6.50. The highest BCUT2D eigenvalue weighted by Crippen LogP contribution is 2.37.